The number of carbonyl (C=O) groups excluding carboxylic acids is 2. The minimum absolute atomic E-state index is 0.0692. The van der Waals surface area contributed by atoms with E-state index in [2.05, 4.69) is 0 Å². The molecule has 1 aromatic heterocycles. The van der Waals surface area contributed by atoms with Crippen LogP contribution in [0.5, 0.6) is 0 Å². The van der Waals surface area contributed by atoms with Gasteiger partial charge < -0.3 is 14.2 Å². The monoisotopic (exact) mass is 394 g/mol. The highest BCUT2D eigenvalue weighted by Crippen LogP contribution is 2.29. The number of benzene rings is 1. The molecule has 1 aromatic carbocycles. The lowest BCUT2D eigenvalue weighted by Gasteiger charge is -2.33. The van der Waals surface area contributed by atoms with Gasteiger partial charge in [0.2, 0.25) is 5.91 Å². The number of alkyl halides is 3. The second-order valence-corrected chi connectivity index (χ2v) is 6.78. The van der Waals surface area contributed by atoms with Crippen LogP contribution in [0.2, 0.25) is 0 Å². The number of likely N-dealkylation sites (tertiary alicyclic amines) is 1. The molecule has 2 aromatic rings. The smallest absolute Gasteiger partial charge is 0.416 e. The summed E-state index contributed by atoms with van der Waals surface area (Å²) in [6, 6.07) is 8.26. The predicted octanol–water partition coefficient (Wildman–Crippen LogP) is 3.70. The van der Waals surface area contributed by atoms with Crippen molar-refractivity contribution >= 4 is 11.9 Å². The Morgan fingerprint density at radius 3 is 2.32 bits per heavy atom. The Morgan fingerprint density at radius 1 is 1.11 bits per heavy atom. The number of aromatic nitrogens is 1. The van der Waals surface area contributed by atoms with Gasteiger partial charge in [0.25, 0.3) is 0 Å². The van der Waals surface area contributed by atoms with Crippen LogP contribution < -0.4 is 0 Å². The maximum Gasteiger partial charge on any atom is 0.416 e. The van der Waals surface area contributed by atoms with E-state index in [0.29, 0.717) is 37.2 Å². The van der Waals surface area contributed by atoms with E-state index in [9.17, 15) is 22.8 Å². The molecule has 0 atom stereocenters. The van der Waals surface area contributed by atoms with E-state index in [4.69, 9.17) is 4.74 Å². The first kappa shape index (κ1) is 20.0. The molecule has 0 radical (unpaired) electrons. The average Bonchev–Trinajstić information content (AvgIpc) is 3.17. The number of piperidine rings is 1. The molecule has 0 N–H and O–H groups in total. The molecule has 5 nitrogen and oxygen atoms in total. The highest BCUT2D eigenvalue weighted by Gasteiger charge is 2.30. The molecule has 150 valence electrons. The van der Waals surface area contributed by atoms with Crippen LogP contribution in [-0.4, -0.2) is 41.5 Å². The highest BCUT2D eigenvalue weighted by molar-refractivity contribution is 5.87. The predicted molar refractivity (Wildman–Crippen MR) is 95.8 cm³/mol. The quantitative estimate of drug-likeness (QED) is 0.743. The molecule has 1 aliphatic rings. The molecule has 1 aliphatic heterocycles. The number of rotatable bonds is 4. The SMILES string of the molecule is COC(=O)c1cccn1C1CCN(C(=O)Cc2ccc(C(F)(F)F)cc2)CC1. The Hall–Kier alpha value is -2.77. The molecule has 0 aliphatic carbocycles. The Morgan fingerprint density at radius 2 is 1.75 bits per heavy atom. The van der Waals surface area contributed by atoms with Crippen molar-refractivity contribution in [3.63, 3.8) is 0 Å². The number of carbonyl (C=O) groups is 2. The van der Waals surface area contributed by atoms with Crippen molar-refractivity contribution < 1.29 is 27.5 Å². The van der Waals surface area contributed by atoms with Crippen LogP contribution in [0.1, 0.15) is 40.5 Å². The van der Waals surface area contributed by atoms with Crippen LogP contribution in [0.4, 0.5) is 13.2 Å². The van der Waals surface area contributed by atoms with E-state index in [0.717, 1.165) is 12.1 Å². The third kappa shape index (κ3) is 4.37. The van der Waals surface area contributed by atoms with Gasteiger partial charge in [0.15, 0.2) is 0 Å². The molecule has 1 amide bonds. The Kier molecular flexibility index (Phi) is 5.76. The molecule has 0 spiro atoms. The number of methoxy groups -OCH3 is 1. The molecule has 1 saturated heterocycles. The van der Waals surface area contributed by atoms with Crippen LogP contribution in [0.25, 0.3) is 0 Å². The lowest BCUT2D eigenvalue weighted by atomic mass is 10.0. The molecule has 0 saturated carbocycles. The third-order valence-electron chi connectivity index (χ3n) is 5.02. The summed E-state index contributed by atoms with van der Waals surface area (Å²) in [7, 11) is 1.34. The number of amides is 1. The molecule has 0 unspecified atom stereocenters. The largest absolute Gasteiger partial charge is 0.464 e. The summed E-state index contributed by atoms with van der Waals surface area (Å²) in [4.78, 5) is 26.0. The van der Waals surface area contributed by atoms with Crippen molar-refractivity contribution in [3.05, 3.63) is 59.4 Å². The van der Waals surface area contributed by atoms with Crippen molar-refractivity contribution in [3.8, 4) is 0 Å². The zero-order chi connectivity index (χ0) is 20.3. The number of ether oxygens (including phenoxy) is 1. The fourth-order valence-corrected chi connectivity index (χ4v) is 3.48. The first-order valence-corrected chi connectivity index (χ1v) is 8.98. The van der Waals surface area contributed by atoms with Crippen molar-refractivity contribution in [1.29, 1.82) is 0 Å². The minimum atomic E-state index is -4.38. The maximum atomic E-state index is 12.6. The number of nitrogens with zero attached hydrogens (tertiary/aromatic N) is 2. The van der Waals surface area contributed by atoms with Gasteiger partial charge in [-0.3, -0.25) is 4.79 Å². The summed E-state index contributed by atoms with van der Waals surface area (Å²) in [6.45, 7) is 1.06. The van der Waals surface area contributed by atoms with Crippen molar-refractivity contribution in [2.75, 3.05) is 20.2 Å². The summed E-state index contributed by atoms with van der Waals surface area (Å²) in [5, 5.41) is 0. The number of hydrogen-bond donors (Lipinski definition) is 0. The van der Waals surface area contributed by atoms with Gasteiger partial charge >= 0.3 is 12.1 Å². The lowest BCUT2D eigenvalue weighted by Crippen LogP contribution is -2.40. The van der Waals surface area contributed by atoms with Crippen LogP contribution in [0, 0.1) is 0 Å². The fourth-order valence-electron chi connectivity index (χ4n) is 3.48. The molecule has 8 heteroatoms. The Labute approximate surface area is 160 Å². The first-order valence-electron chi connectivity index (χ1n) is 8.98. The van der Waals surface area contributed by atoms with E-state index in [1.165, 1.54) is 19.2 Å². The summed E-state index contributed by atoms with van der Waals surface area (Å²) >= 11 is 0. The van der Waals surface area contributed by atoms with E-state index >= 15 is 0 Å². The summed E-state index contributed by atoms with van der Waals surface area (Å²) in [5.74, 6) is -0.510. The molecule has 1 fully saturated rings. The summed E-state index contributed by atoms with van der Waals surface area (Å²) in [6.07, 6.45) is -1.10. The average molecular weight is 394 g/mol. The number of esters is 1. The van der Waals surface area contributed by atoms with Gasteiger partial charge in [-0.05, 0) is 42.7 Å². The van der Waals surface area contributed by atoms with Crippen molar-refractivity contribution in [1.82, 2.24) is 9.47 Å². The molecular formula is C20H21F3N2O3. The standard InChI is InChI=1S/C20H21F3N2O3/c1-28-19(27)17-3-2-10-25(17)16-8-11-24(12-9-16)18(26)13-14-4-6-15(7-5-14)20(21,22)23/h2-7,10,16H,8-9,11-13H2,1H3. The van der Waals surface area contributed by atoms with Crippen LogP contribution >= 0.6 is 0 Å². The normalized spacial score (nSPS) is 15.5. The zero-order valence-corrected chi connectivity index (χ0v) is 15.4. The van der Waals surface area contributed by atoms with E-state index in [-0.39, 0.29) is 18.4 Å². The van der Waals surface area contributed by atoms with E-state index < -0.39 is 17.7 Å². The minimum Gasteiger partial charge on any atom is -0.464 e. The van der Waals surface area contributed by atoms with Gasteiger partial charge in [0.1, 0.15) is 5.69 Å². The first-order chi connectivity index (χ1) is 13.3. The highest BCUT2D eigenvalue weighted by atomic mass is 19.4. The van der Waals surface area contributed by atoms with Gasteiger partial charge in [-0.2, -0.15) is 13.2 Å². The van der Waals surface area contributed by atoms with E-state index in [1.807, 2.05) is 10.8 Å². The second-order valence-electron chi connectivity index (χ2n) is 6.78. The zero-order valence-electron chi connectivity index (χ0n) is 15.4. The fraction of sp³-hybridized carbons (Fsp3) is 0.400. The second kappa shape index (κ2) is 8.08. The molecule has 3 rings (SSSR count). The summed E-state index contributed by atoms with van der Waals surface area (Å²) in [5.41, 5.74) is 0.313. The number of hydrogen-bond acceptors (Lipinski definition) is 3. The van der Waals surface area contributed by atoms with Crippen LogP contribution in [0.15, 0.2) is 42.6 Å². The van der Waals surface area contributed by atoms with Crippen molar-refractivity contribution in [2.45, 2.75) is 31.5 Å². The third-order valence-corrected chi connectivity index (χ3v) is 5.02. The molecule has 0 bridgehead atoms. The molecule has 28 heavy (non-hydrogen) atoms. The molecular weight excluding hydrogens is 373 g/mol. The maximum absolute atomic E-state index is 12.6. The topological polar surface area (TPSA) is 51.5 Å². The van der Waals surface area contributed by atoms with Crippen LogP contribution in [0.3, 0.4) is 0 Å². The molecule has 2 heterocycles. The Balaban J connectivity index is 1.57. The van der Waals surface area contributed by atoms with E-state index in [1.54, 1.807) is 17.0 Å². The number of halogens is 3. The van der Waals surface area contributed by atoms with Gasteiger partial charge in [-0.1, -0.05) is 12.1 Å². The Bertz CT molecular complexity index is 835. The summed E-state index contributed by atoms with van der Waals surface area (Å²) < 4.78 is 44.5. The van der Waals surface area contributed by atoms with Gasteiger partial charge in [0, 0.05) is 25.3 Å². The van der Waals surface area contributed by atoms with Crippen molar-refractivity contribution in [2.24, 2.45) is 0 Å². The van der Waals surface area contributed by atoms with Gasteiger partial charge in [-0.15, -0.1) is 0 Å². The van der Waals surface area contributed by atoms with Crippen LogP contribution in [-0.2, 0) is 22.1 Å². The van der Waals surface area contributed by atoms with Gasteiger partial charge in [0.05, 0.1) is 19.1 Å². The van der Waals surface area contributed by atoms with Gasteiger partial charge in [-0.25, -0.2) is 4.79 Å². The lowest BCUT2D eigenvalue weighted by molar-refractivity contribution is -0.137.